The van der Waals surface area contributed by atoms with Gasteiger partial charge in [-0.15, -0.1) is 0 Å². The Morgan fingerprint density at radius 1 is 0.733 bits per heavy atom. The molecule has 1 saturated heterocycles. The Balaban J connectivity index is 1.56. The zero-order valence-electron chi connectivity index (χ0n) is 41.9. The summed E-state index contributed by atoms with van der Waals surface area (Å²) in [6, 6.07) is 5.64. The number of nitrogens with two attached hydrogens (primary N) is 3. The predicted octanol–water partition coefficient (Wildman–Crippen LogP) is -1.04. The molecule has 24 nitrogen and oxygen atoms in total. The van der Waals surface area contributed by atoms with Crippen LogP contribution in [-0.4, -0.2) is 140 Å². The number of nitrogens with one attached hydrogen (secondary N) is 10. The van der Waals surface area contributed by atoms with E-state index in [0.29, 0.717) is 29.7 Å². The molecule has 0 saturated carbocycles. The van der Waals surface area contributed by atoms with Crippen molar-refractivity contribution in [3.05, 3.63) is 90.1 Å². The van der Waals surface area contributed by atoms with Crippen LogP contribution in [-0.2, 0) is 62.4 Å². The molecular weight excluding hydrogens is 1010 g/mol. The van der Waals surface area contributed by atoms with E-state index >= 15 is 0 Å². The number of unbranched alkanes of at least 4 members (excludes halogenated alkanes) is 1. The summed E-state index contributed by atoms with van der Waals surface area (Å²) in [5.41, 5.74) is 19.5. The van der Waals surface area contributed by atoms with Crippen molar-refractivity contribution in [2.75, 3.05) is 18.1 Å². The number of hydrogen-bond donors (Lipinski definition) is 13. The van der Waals surface area contributed by atoms with Crippen molar-refractivity contribution in [3.8, 4) is 0 Å². The number of hydrogen-bond acceptors (Lipinski definition) is 13. The topological polar surface area (TPSA) is 385 Å². The van der Waals surface area contributed by atoms with Crippen LogP contribution in [0.5, 0.6) is 0 Å². The first-order valence-corrected chi connectivity index (χ1v) is 27.0. The van der Waals surface area contributed by atoms with Crippen molar-refractivity contribution in [3.63, 3.8) is 0 Å². The zero-order chi connectivity index (χ0) is 54.4. The monoisotopic (exact) mass is 1070 g/mol. The Bertz CT molecular complexity index is 2630. The van der Waals surface area contributed by atoms with Crippen LogP contribution in [0.15, 0.2) is 78.3 Å². The van der Waals surface area contributed by atoms with E-state index < -0.39 is 101 Å². The predicted molar refractivity (Wildman–Crippen MR) is 285 cm³/mol. The van der Waals surface area contributed by atoms with Crippen LogP contribution in [0.3, 0.4) is 0 Å². The summed E-state index contributed by atoms with van der Waals surface area (Å²) >= 11 is 0. The van der Waals surface area contributed by atoms with Crippen LogP contribution in [0, 0.1) is 0 Å². The third kappa shape index (κ3) is 18.7. The average Bonchev–Trinajstić information content (AvgIpc) is 4.05. The molecule has 26 heteroatoms. The summed E-state index contributed by atoms with van der Waals surface area (Å²) in [5.74, 6) is -7.34. The van der Waals surface area contributed by atoms with Crippen LogP contribution >= 0.6 is 21.6 Å². The van der Waals surface area contributed by atoms with Gasteiger partial charge < -0.3 is 69.7 Å². The second kappa shape index (κ2) is 29.3. The largest absolute Gasteiger partial charge is 0.370 e. The van der Waals surface area contributed by atoms with Crippen molar-refractivity contribution < 1.29 is 43.2 Å². The first-order chi connectivity index (χ1) is 35.9. The van der Waals surface area contributed by atoms with Gasteiger partial charge in [-0.1, -0.05) is 89.9 Å². The lowest BCUT2D eigenvalue weighted by molar-refractivity contribution is -0.135. The molecule has 4 aromatic rings. The molecule has 9 amide bonds. The molecule has 16 N–H and O–H groups in total. The molecule has 75 heavy (non-hydrogen) atoms. The fourth-order valence-corrected chi connectivity index (χ4v) is 10.3. The van der Waals surface area contributed by atoms with Gasteiger partial charge in [0.2, 0.25) is 53.2 Å². The van der Waals surface area contributed by atoms with Crippen LogP contribution in [0.25, 0.3) is 10.9 Å². The lowest BCUT2D eigenvalue weighted by atomic mass is 10.0. The van der Waals surface area contributed by atoms with E-state index in [1.54, 1.807) is 36.5 Å². The lowest BCUT2D eigenvalue weighted by Crippen LogP contribution is -2.61. The summed E-state index contributed by atoms with van der Waals surface area (Å²) in [4.78, 5) is 139. The average molecular weight is 1070 g/mol. The molecular formula is C49H67N15O9S2. The molecule has 0 radical (unpaired) electrons. The number of para-hydroxylation sites is 1. The number of carbonyl (C=O) groups excluding carboxylic acids is 9. The number of amides is 9. The Hall–Kier alpha value is -7.61. The summed E-state index contributed by atoms with van der Waals surface area (Å²) in [5, 5.41) is 22.3. The van der Waals surface area contributed by atoms with Gasteiger partial charge in [-0.25, -0.2) is 4.98 Å². The van der Waals surface area contributed by atoms with Crippen molar-refractivity contribution in [2.24, 2.45) is 22.2 Å². The van der Waals surface area contributed by atoms with Gasteiger partial charge in [0.25, 0.3) is 0 Å². The van der Waals surface area contributed by atoms with Gasteiger partial charge >= 0.3 is 0 Å². The van der Waals surface area contributed by atoms with E-state index in [1.165, 1.54) is 26.4 Å². The quantitative estimate of drug-likeness (QED) is 0.0260. The molecule has 1 fully saturated rings. The highest BCUT2D eigenvalue weighted by atomic mass is 33.1. The van der Waals surface area contributed by atoms with Crippen LogP contribution in [0.4, 0.5) is 0 Å². The van der Waals surface area contributed by atoms with Gasteiger partial charge in [0.05, 0.1) is 6.33 Å². The van der Waals surface area contributed by atoms with Crippen LogP contribution in [0.2, 0.25) is 0 Å². The maximum Gasteiger partial charge on any atom is 0.244 e. The minimum atomic E-state index is -1.37. The minimum Gasteiger partial charge on any atom is -0.370 e. The molecule has 1 aliphatic rings. The van der Waals surface area contributed by atoms with E-state index in [-0.39, 0.29) is 62.5 Å². The number of aliphatic imine (C=N–C) groups is 1. The normalized spacial score (nSPS) is 22.2. The molecule has 0 aliphatic carbocycles. The van der Waals surface area contributed by atoms with Gasteiger partial charge in [-0.2, -0.15) is 0 Å². The standard InChI is InChI=1S/C49H67N15O9S2/c1-4-5-15-34(58-28(3)65)43(68)64-40-25-75-74-24-39(41(50)66)63-46(71)37(20-30-22-55-33-16-10-9-14-32(30)33)62-44(69)35(17-11-18-54-49(51)52)59-45(70)36(19-29-12-7-6-8-13-29)61-47(72)38(21-31-23-53-26-56-31)60-42(67)27(2)57-48(40)73/h6-10,12-14,16,22-23,26-27,34-40,55H,4-5,11,15,17-21,24-25H2,1-3H3,(H2,50,66)(H,53,56)(H,57,73)(H,58,65)(H,59,70)(H,60,67)(H,61,72)(H,62,69)(H,63,71)(H,64,68)(H4,51,52,54)/t27-,34+,35+,36-,37+,38+,39-,40+/m1/s1. The lowest BCUT2D eigenvalue weighted by Gasteiger charge is -2.27. The molecule has 0 bridgehead atoms. The first kappa shape index (κ1) is 58.3. The van der Waals surface area contributed by atoms with Crippen molar-refractivity contribution in [1.29, 1.82) is 0 Å². The number of rotatable bonds is 17. The summed E-state index contributed by atoms with van der Waals surface area (Å²) < 4.78 is 0. The highest BCUT2D eigenvalue weighted by Crippen LogP contribution is 2.24. The van der Waals surface area contributed by atoms with E-state index in [0.717, 1.165) is 32.5 Å². The number of fused-ring (bicyclic) bond motifs is 1. The Kier molecular flexibility index (Phi) is 22.8. The number of H-pyrrole nitrogens is 2. The number of primary amides is 1. The Morgan fingerprint density at radius 3 is 2.03 bits per heavy atom. The summed E-state index contributed by atoms with van der Waals surface area (Å²) in [7, 11) is 2.09. The number of aromatic nitrogens is 3. The van der Waals surface area contributed by atoms with Crippen molar-refractivity contribution in [2.45, 2.75) is 120 Å². The second-order valence-electron chi connectivity index (χ2n) is 17.9. The number of guanidine groups is 1. The highest BCUT2D eigenvalue weighted by molar-refractivity contribution is 8.76. The van der Waals surface area contributed by atoms with Crippen molar-refractivity contribution >= 4 is 91.6 Å². The van der Waals surface area contributed by atoms with Crippen molar-refractivity contribution in [1.82, 2.24) is 57.5 Å². The zero-order valence-corrected chi connectivity index (χ0v) is 43.6. The van der Waals surface area contributed by atoms with Gasteiger partial charge in [0.15, 0.2) is 5.96 Å². The first-order valence-electron chi connectivity index (χ1n) is 24.5. The minimum absolute atomic E-state index is 0.0459. The van der Waals surface area contributed by atoms with Gasteiger partial charge in [0.1, 0.15) is 48.3 Å². The maximum atomic E-state index is 14.6. The third-order valence-corrected chi connectivity index (χ3v) is 14.4. The Morgan fingerprint density at radius 2 is 1.36 bits per heavy atom. The molecule has 2 aromatic heterocycles. The fraction of sp³-hybridized carbons (Fsp3) is 0.449. The second-order valence-corrected chi connectivity index (χ2v) is 20.5. The van der Waals surface area contributed by atoms with E-state index in [4.69, 9.17) is 17.2 Å². The number of carbonyl (C=O) groups is 9. The van der Waals surface area contributed by atoms with E-state index in [1.807, 2.05) is 31.2 Å². The number of imidazole rings is 1. The molecule has 0 spiro atoms. The maximum absolute atomic E-state index is 14.6. The third-order valence-electron chi connectivity index (χ3n) is 12.0. The molecule has 0 unspecified atom stereocenters. The molecule has 8 atom stereocenters. The van der Waals surface area contributed by atoms with Gasteiger partial charge in [-0.05, 0) is 43.4 Å². The molecule has 5 rings (SSSR count). The number of benzene rings is 2. The fourth-order valence-electron chi connectivity index (χ4n) is 7.96. The highest BCUT2D eigenvalue weighted by Gasteiger charge is 2.35. The van der Waals surface area contributed by atoms with E-state index in [9.17, 15) is 43.2 Å². The molecule has 3 heterocycles. The molecule has 2 aromatic carbocycles. The number of aromatic amines is 2. The van der Waals surface area contributed by atoms with E-state index in [2.05, 4.69) is 62.5 Å². The summed E-state index contributed by atoms with van der Waals surface area (Å²) in [6.45, 7) is 4.62. The smallest absolute Gasteiger partial charge is 0.244 e. The van der Waals surface area contributed by atoms with Crippen LogP contribution in [0.1, 0.15) is 69.7 Å². The number of nitrogens with zero attached hydrogens (tertiary/aromatic N) is 2. The summed E-state index contributed by atoms with van der Waals surface area (Å²) in [6.07, 6.45) is 5.89. The van der Waals surface area contributed by atoms with Gasteiger partial charge in [0, 0.05) is 73.2 Å². The van der Waals surface area contributed by atoms with Crippen LogP contribution < -0.4 is 59.7 Å². The SMILES string of the molecule is CCCC[C@H](NC(C)=O)C(=O)N[C@H]1CSSC[C@H](C(N)=O)NC(=O)[C@H](Cc2c[nH]c3ccccc23)NC(=O)[C@H](CCCN=C(N)N)NC(=O)[C@@H](Cc2ccccc2)NC(=O)[C@H](Cc2cnc[nH]2)NC(=O)[C@@H](C)NC1=O. The Labute approximate surface area is 441 Å². The molecule has 404 valence electrons. The molecule has 1 aliphatic heterocycles. The van der Waals surface area contributed by atoms with Gasteiger partial charge in [-0.3, -0.25) is 48.1 Å².